The predicted molar refractivity (Wildman–Crippen MR) is 251 cm³/mol. The number of phenols is 1. The number of allylic oxidation sites excluding steroid dienone is 2. The zero-order valence-electron chi connectivity index (χ0n) is 39.7. The molecule has 0 spiro atoms. The Kier molecular flexibility index (Phi) is 15.4. The summed E-state index contributed by atoms with van der Waals surface area (Å²) < 4.78 is 41.0. The van der Waals surface area contributed by atoms with Crippen molar-refractivity contribution in [3.8, 4) is 11.5 Å². The molecule has 5 N–H and O–H groups in total. The highest BCUT2D eigenvalue weighted by atomic mass is 16.7. The van der Waals surface area contributed by atoms with Crippen LogP contribution in [-0.2, 0) is 33.3 Å². The normalized spacial score (nSPS) is 27.9. The molecule has 3 aromatic carbocycles. The molecule has 0 saturated carbocycles. The maximum absolute atomic E-state index is 14.9. The molecule has 4 aromatic rings. The Morgan fingerprint density at radius 1 is 0.910 bits per heavy atom. The third-order valence-corrected chi connectivity index (χ3v) is 12.9. The van der Waals surface area contributed by atoms with Crippen LogP contribution in [0.3, 0.4) is 0 Å². The lowest BCUT2D eigenvalue weighted by molar-refractivity contribution is -0.160. The van der Waals surface area contributed by atoms with Crippen LogP contribution in [0.15, 0.2) is 62.3 Å². The molecule has 2 aliphatic heterocycles. The van der Waals surface area contributed by atoms with Crippen molar-refractivity contribution in [2.24, 2.45) is 23.7 Å². The molecule has 1 aromatic heterocycles. The van der Waals surface area contributed by atoms with Crippen LogP contribution >= 0.6 is 0 Å². The lowest BCUT2D eigenvalue weighted by atomic mass is 9.78. The largest absolute Gasteiger partial charge is 0.507 e. The minimum absolute atomic E-state index is 0.0376. The number of hydrogen-bond acceptors (Lipinski definition) is 17. The van der Waals surface area contributed by atoms with Crippen molar-refractivity contribution in [3.63, 3.8) is 0 Å². The fourth-order valence-electron chi connectivity index (χ4n) is 8.83. The smallest absolute Gasteiger partial charge is 0.307 e. The van der Waals surface area contributed by atoms with Crippen LogP contribution in [0.2, 0.25) is 0 Å². The number of methoxy groups -OCH3 is 3. The fourth-order valence-corrected chi connectivity index (χ4v) is 8.83. The highest BCUT2D eigenvalue weighted by molar-refractivity contribution is 6.16. The number of fused-ring (bicyclic) bond motifs is 5. The number of ether oxygens (including phenoxy) is 6. The van der Waals surface area contributed by atoms with Gasteiger partial charge in [0.05, 0.1) is 48.4 Å². The van der Waals surface area contributed by atoms with Gasteiger partial charge in [0.2, 0.25) is 10.9 Å². The molecule has 3 heterocycles. The van der Waals surface area contributed by atoms with E-state index in [0.717, 1.165) is 0 Å². The number of nitrogens with one attached hydrogen (secondary N) is 1. The van der Waals surface area contributed by atoms with Gasteiger partial charge in [-0.2, -0.15) is 0 Å². The highest BCUT2D eigenvalue weighted by Crippen LogP contribution is 2.42. The Morgan fingerprint density at radius 2 is 1.58 bits per heavy atom. The SMILES string of the molecule is COCCN(CCOC)c1cc(=O)c2nc3c(oc2c1)c1c(=O)c2c(O)c(C)c4c(c23)=C(O)[C@@](C)(O/C=C\[C@H](OC)[C@@H](C)[C@@H](OC(C)=O)[C@H](C)[C@H](O)[C@H](C)[C@@H](O)[C@@H](C)/C=C/C=C(\C)C(=O)N1)O4. The number of nitrogens with zero attached hydrogens (tertiary/aromatic N) is 2. The number of aromatic nitrogens is 1. The van der Waals surface area contributed by atoms with Crippen molar-refractivity contribution in [3.05, 3.63) is 79.5 Å². The topological polar surface area (TPSA) is 246 Å². The van der Waals surface area contributed by atoms with Crippen LogP contribution < -0.4 is 31.0 Å². The molecule has 18 heteroatoms. The average molecular weight is 932 g/mol. The van der Waals surface area contributed by atoms with E-state index in [2.05, 4.69) is 5.32 Å². The first kappa shape index (κ1) is 50.4. The molecule has 18 nitrogen and oxygen atoms in total. The van der Waals surface area contributed by atoms with E-state index in [9.17, 15) is 39.6 Å². The summed E-state index contributed by atoms with van der Waals surface area (Å²) in [6, 6.07) is 2.95. The van der Waals surface area contributed by atoms with E-state index in [1.807, 2.05) is 4.90 Å². The fraction of sp³-hybridized carbons (Fsp3) is 0.490. The molecule has 1 amide bonds. The van der Waals surface area contributed by atoms with Gasteiger partial charge in [0.25, 0.3) is 5.91 Å². The van der Waals surface area contributed by atoms with Crippen LogP contribution in [0.1, 0.15) is 54.0 Å². The van der Waals surface area contributed by atoms with E-state index in [4.69, 9.17) is 37.8 Å². The maximum Gasteiger partial charge on any atom is 0.307 e. The molecular weight excluding hydrogens is 871 g/mol. The minimum atomic E-state index is -2.00. The van der Waals surface area contributed by atoms with Crippen molar-refractivity contribution in [1.29, 1.82) is 0 Å². The molecule has 0 radical (unpaired) electrons. The monoisotopic (exact) mass is 931 g/mol. The molecule has 0 fully saturated rings. The predicted octanol–water partition coefficient (Wildman–Crippen LogP) is 4.66. The highest BCUT2D eigenvalue weighted by Gasteiger charge is 2.44. The van der Waals surface area contributed by atoms with E-state index in [0.29, 0.717) is 32.0 Å². The van der Waals surface area contributed by atoms with Crippen molar-refractivity contribution in [2.75, 3.05) is 57.8 Å². The number of carbonyl (C=O) groups is 2. The average Bonchev–Trinajstić information content (AvgIpc) is 3.56. The first-order valence-corrected chi connectivity index (χ1v) is 22.1. The molecular formula is C49H61N3O15. The molecule has 6 rings (SSSR count). The number of esters is 1. The van der Waals surface area contributed by atoms with Crippen LogP contribution in [0.4, 0.5) is 11.4 Å². The Bertz CT molecular complexity index is 2810. The summed E-state index contributed by atoms with van der Waals surface area (Å²) in [6.45, 7) is 13.9. The zero-order valence-corrected chi connectivity index (χ0v) is 39.7. The van der Waals surface area contributed by atoms with Gasteiger partial charge in [-0.05, 0) is 19.9 Å². The number of hydrogen-bond donors (Lipinski definition) is 5. The second-order valence-corrected chi connectivity index (χ2v) is 17.5. The molecule has 2 aliphatic rings. The van der Waals surface area contributed by atoms with E-state index in [1.54, 1.807) is 60.1 Å². The Hall–Kier alpha value is -6.05. The van der Waals surface area contributed by atoms with Crippen LogP contribution in [0.25, 0.3) is 38.7 Å². The van der Waals surface area contributed by atoms with Crippen molar-refractivity contribution in [2.45, 2.75) is 85.6 Å². The molecule has 67 heavy (non-hydrogen) atoms. The molecule has 5 bridgehead atoms. The number of aliphatic hydroxyl groups is 3. The number of rotatable bonds is 9. The van der Waals surface area contributed by atoms with E-state index in [1.165, 1.54) is 59.3 Å². The Labute approximate surface area is 387 Å². The van der Waals surface area contributed by atoms with Gasteiger partial charge < -0.3 is 63.5 Å². The van der Waals surface area contributed by atoms with Gasteiger partial charge in [0.1, 0.15) is 28.8 Å². The van der Waals surface area contributed by atoms with Gasteiger partial charge in [-0.15, -0.1) is 0 Å². The summed E-state index contributed by atoms with van der Waals surface area (Å²) in [7, 11) is 4.54. The molecule has 362 valence electrons. The summed E-state index contributed by atoms with van der Waals surface area (Å²) in [5.41, 5.74) is -1.92. The third-order valence-electron chi connectivity index (χ3n) is 12.9. The lowest BCUT2D eigenvalue weighted by Crippen LogP contribution is -2.46. The number of benzene rings is 3. The number of aliphatic hydroxyl groups excluding tert-OH is 3. The number of aromatic hydroxyl groups is 1. The van der Waals surface area contributed by atoms with Crippen molar-refractivity contribution >= 4 is 62.0 Å². The Balaban J connectivity index is 1.65. The van der Waals surface area contributed by atoms with E-state index >= 15 is 0 Å². The first-order valence-electron chi connectivity index (χ1n) is 22.1. The summed E-state index contributed by atoms with van der Waals surface area (Å²) in [5, 5.41) is 49.1. The van der Waals surface area contributed by atoms with Gasteiger partial charge in [-0.1, -0.05) is 45.9 Å². The summed E-state index contributed by atoms with van der Waals surface area (Å²) >= 11 is 0. The van der Waals surface area contributed by atoms with Crippen LogP contribution in [0, 0.1) is 30.6 Å². The maximum atomic E-state index is 14.9. The molecule has 0 unspecified atom stereocenters. The quantitative estimate of drug-likeness (QED) is 0.0870. The number of phenolic OH excluding ortho intramolecular Hbond substituents is 1. The molecule has 9 atom stereocenters. The summed E-state index contributed by atoms with van der Waals surface area (Å²) in [4.78, 5) is 61.9. The number of carbonyl (C=O) groups excluding carboxylic acids is 2. The van der Waals surface area contributed by atoms with E-state index < -0.39 is 93.8 Å². The summed E-state index contributed by atoms with van der Waals surface area (Å²) in [5.74, 6) is -7.09. The first-order chi connectivity index (χ1) is 31.7. The molecule has 0 saturated heterocycles. The van der Waals surface area contributed by atoms with E-state index in [-0.39, 0.29) is 55.1 Å². The Morgan fingerprint density at radius 3 is 2.21 bits per heavy atom. The van der Waals surface area contributed by atoms with Crippen LogP contribution in [0.5, 0.6) is 11.5 Å². The van der Waals surface area contributed by atoms with Crippen LogP contribution in [-0.4, -0.2) is 115 Å². The third kappa shape index (κ3) is 9.72. The molecule has 0 aliphatic carbocycles. The zero-order chi connectivity index (χ0) is 49.2. The van der Waals surface area contributed by atoms with Gasteiger partial charge >= 0.3 is 11.8 Å². The minimum Gasteiger partial charge on any atom is -0.507 e. The van der Waals surface area contributed by atoms with Crippen molar-refractivity contribution in [1.82, 2.24) is 4.98 Å². The second kappa shape index (κ2) is 20.4. The lowest BCUT2D eigenvalue weighted by Gasteiger charge is -2.38. The summed E-state index contributed by atoms with van der Waals surface area (Å²) in [6.07, 6.45) is 3.45. The standard InChI is InChI=1S/C49H61N3O15/c1-23-13-12-14-24(2)48(60)51-39-43(58)35-34(38-46(39)66-33-22-30(21-31(54)37(33)50-38)52(16-19-61-9)17-20-62-10)36-45(28(6)42(35)57)67-49(8,47(36)59)64-18-15-32(63-11)25(3)44(65-29(7)53)27(5)41(56)26(4)40(23)55/h12-15,18,21-23,25-27,32,40-41,44,55-57,59H,16-17,19-20H2,1-11H3,(H,51,60)/b13-12+,18-15-,24-14+/t23-,25+,26+,27+,32-,40-,41+,44+,49-/m0/s1. The van der Waals surface area contributed by atoms with Gasteiger partial charge in [-0.25, -0.2) is 4.98 Å². The number of anilines is 2. The van der Waals surface area contributed by atoms with Gasteiger partial charge in [0.15, 0.2) is 22.4 Å². The second-order valence-electron chi connectivity index (χ2n) is 17.5. The van der Waals surface area contributed by atoms with Gasteiger partial charge in [-0.3, -0.25) is 19.2 Å². The van der Waals surface area contributed by atoms with Crippen molar-refractivity contribution < 1.29 is 62.9 Å². The number of amides is 1. The van der Waals surface area contributed by atoms with Gasteiger partial charge in [0, 0.05) is 106 Å².